The molecule has 0 saturated heterocycles. The molecule has 0 aliphatic heterocycles. The third-order valence-corrected chi connectivity index (χ3v) is 1.70. The Balaban J connectivity index is 2.77. The maximum Gasteiger partial charge on any atom is 0.224 e. The van der Waals surface area contributed by atoms with E-state index in [1.54, 1.807) is 18.3 Å². The van der Waals surface area contributed by atoms with Crippen molar-refractivity contribution in [2.75, 3.05) is 13.2 Å². The van der Waals surface area contributed by atoms with Crippen LogP contribution in [0.25, 0.3) is 0 Å². The van der Waals surface area contributed by atoms with Gasteiger partial charge in [-0.05, 0) is 12.1 Å². The average molecular weight is 211 g/mol. The van der Waals surface area contributed by atoms with Crippen molar-refractivity contribution in [1.29, 1.82) is 0 Å². The van der Waals surface area contributed by atoms with E-state index in [9.17, 15) is 0 Å². The highest BCUT2D eigenvalue weighted by molar-refractivity contribution is 5.98. The second-order valence-corrected chi connectivity index (χ2v) is 2.77. The van der Waals surface area contributed by atoms with Gasteiger partial charge in [-0.1, -0.05) is 5.16 Å². The molecule has 1 aromatic rings. The van der Waals surface area contributed by atoms with Crippen LogP contribution in [0.4, 0.5) is 0 Å². The van der Waals surface area contributed by atoms with E-state index in [4.69, 9.17) is 20.8 Å². The standard InChI is InChI=1S/C9H13N3O3/c10-8(12-14)7-3-1-4-11-9(7)15-6-2-5-13/h1,3-4,13-14H,2,5-6H2,(H2,10,12). The summed E-state index contributed by atoms with van der Waals surface area (Å²) in [5, 5.41) is 20.0. The highest BCUT2D eigenvalue weighted by Gasteiger charge is 2.08. The summed E-state index contributed by atoms with van der Waals surface area (Å²) >= 11 is 0. The first-order chi connectivity index (χ1) is 7.29. The lowest BCUT2D eigenvalue weighted by Crippen LogP contribution is -2.16. The summed E-state index contributed by atoms with van der Waals surface area (Å²) in [6.45, 7) is 0.380. The van der Waals surface area contributed by atoms with Crippen LogP contribution in [0.3, 0.4) is 0 Å². The van der Waals surface area contributed by atoms with Crippen LogP contribution in [0.1, 0.15) is 12.0 Å². The number of pyridine rings is 1. The Morgan fingerprint density at radius 3 is 3.07 bits per heavy atom. The number of hydrogen-bond donors (Lipinski definition) is 3. The predicted molar refractivity (Wildman–Crippen MR) is 53.9 cm³/mol. The van der Waals surface area contributed by atoms with Gasteiger partial charge < -0.3 is 20.8 Å². The first kappa shape index (κ1) is 11.3. The van der Waals surface area contributed by atoms with Gasteiger partial charge in [-0.25, -0.2) is 4.98 Å². The molecular weight excluding hydrogens is 198 g/mol. The summed E-state index contributed by atoms with van der Waals surface area (Å²) in [6.07, 6.45) is 2.05. The van der Waals surface area contributed by atoms with Crippen molar-refractivity contribution in [1.82, 2.24) is 4.98 Å². The second-order valence-electron chi connectivity index (χ2n) is 2.77. The van der Waals surface area contributed by atoms with Crippen molar-refractivity contribution >= 4 is 5.84 Å². The summed E-state index contributed by atoms with van der Waals surface area (Å²) < 4.78 is 5.26. The van der Waals surface area contributed by atoms with Crippen molar-refractivity contribution in [2.45, 2.75) is 6.42 Å². The van der Waals surface area contributed by atoms with Gasteiger partial charge in [0, 0.05) is 19.2 Å². The lowest BCUT2D eigenvalue weighted by atomic mass is 10.2. The molecule has 0 atom stereocenters. The van der Waals surface area contributed by atoms with Gasteiger partial charge in [-0.15, -0.1) is 0 Å². The monoisotopic (exact) mass is 211 g/mol. The minimum Gasteiger partial charge on any atom is -0.477 e. The van der Waals surface area contributed by atoms with Gasteiger partial charge in [0.2, 0.25) is 5.88 Å². The molecule has 15 heavy (non-hydrogen) atoms. The zero-order valence-electron chi connectivity index (χ0n) is 8.13. The van der Waals surface area contributed by atoms with Crippen LogP contribution in [0.5, 0.6) is 5.88 Å². The lowest BCUT2D eigenvalue weighted by Gasteiger charge is -2.07. The van der Waals surface area contributed by atoms with Crippen molar-refractivity contribution in [3.05, 3.63) is 23.9 Å². The quantitative estimate of drug-likeness (QED) is 0.208. The van der Waals surface area contributed by atoms with Crippen LogP contribution in [0.2, 0.25) is 0 Å². The molecule has 6 heteroatoms. The molecular formula is C9H13N3O3. The van der Waals surface area contributed by atoms with Gasteiger partial charge in [0.05, 0.1) is 12.2 Å². The molecule has 82 valence electrons. The number of nitrogens with two attached hydrogens (primary N) is 1. The molecule has 0 amide bonds. The third kappa shape index (κ3) is 3.10. The van der Waals surface area contributed by atoms with Crippen LogP contribution in [0.15, 0.2) is 23.5 Å². The second kappa shape index (κ2) is 5.82. The lowest BCUT2D eigenvalue weighted by molar-refractivity contribution is 0.229. The van der Waals surface area contributed by atoms with Crippen LogP contribution in [-0.2, 0) is 0 Å². The van der Waals surface area contributed by atoms with E-state index < -0.39 is 0 Å². The highest BCUT2D eigenvalue weighted by atomic mass is 16.5. The molecule has 0 unspecified atom stereocenters. The zero-order chi connectivity index (χ0) is 11.1. The molecule has 1 rings (SSSR count). The smallest absolute Gasteiger partial charge is 0.224 e. The van der Waals surface area contributed by atoms with E-state index >= 15 is 0 Å². The maximum atomic E-state index is 8.58. The first-order valence-electron chi connectivity index (χ1n) is 4.46. The van der Waals surface area contributed by atoms with Gasteiger partial charge in [0.1, 0.15) is 0 Å². The summed E-state index contributed by atoms with van der Waals surface area (Å²) in [5.74, 6) is 0.239. The Morgan fingerprint density at radius 1 is 1.60 bits per heavy atom. The molecule has 0 saturated carbocycles. The number of nitrogens with zero attached hydrogens (tertiary/aromatic N) is 2. The van der Waals surface area contributed by atoms with Crippen LogP contribution in [0, 0.1) is 0 Å². The predicted octanol–water partition coefficient (Wildman–Crippen LogP) is -0.0627. The Kier molecular flexibility index (Phi) is 4.36. The maximum absolute atomic E-state index is 8.58. The highest BCUT2D eigenvalue weighted by Crippen LogP contribution is 2.13. The number of amidine groups is 1. The third-order valence-electron chi connectivity index (χ3n) is 1.70. The number of aliphatic hydroxyl groups excluding tert-OH is 1. The Morgan fingerprint density at radius 2 is 2.40 bits per heavy atom. The minimum absolute atomic E-state index is 0.0474. The van der Waals surface area contributed by atoms with Crippen LogP contribution in [-0.4, -0.2) is 34.3 Å². The largest absolute Gasteiger partial charge is 0.477 e. The van der Waals surface area contributed by atoms with Gasteiger partial charge in [0.15, 0.2) is 5.84 Å². The van der Waals surface area contributed by atoms with E-state index in [0.717, 1.165) is 0 Å². The van der Waals surface area contributed by atoms with E-state index in [-0.39, 0.29) is 12.4 Å². The number of ether oxygens (including phenoxy) is 1. The Bertz CT molecular complexity index is 341. The van der Waals surface area contributed by atoms with Crippen LogP contribution >= 0.6 is 0 Å². The van der Waals surface area contributed by atoms with E-state index in [0.29, 0.717) is 24.5 Å². The molecule has 0 spiro atoms. The minimum atomic E-state index is -0.0536. The molecule has 1 aromatic heterocycles. The molecule has 0 aromatic carbocycles. The zero-order valence-corrected chi connectivity index (χ0v) is 8.13. The summed E-state index contributed by atoms with van der Waals surface area (Å²) in [5.41, 5.74) is 5.86. The topological polar surface area (TPSA) is 101 Å². The molecule has 1 heterocycles. The van der Waals surface area contributed by atoms with Gasteiger partial charge in [-0.2, -0.15) is 0 Å². The van der Waals surface area contributed by atoms with Crippen molar-refractivity contribution < 1.29 is 15.1 Å². The molecule has 6 nitrogen and oxygen atoms in total. The fourth-order valence-corrected chi connectivity index (χ4v) is 0.988. The van der Waals surface area contributed by atoms with Crippen molar-refractivity contribution in [3.63, 3.8) is 0 Å². The Hall–Kier alpha value is -1.82. The number of oxime groups is 1. The van der Waals surface area contributed by atoms with E-state index in [1.807, 2.05) is 0 Å². The fourth-order valence-electron chi connectivity index (χ4n) is 0.988. The number of aromatic nitrogens is 1. The van der Waals surface area contributed by atoms with E-state index in [2.05, 4.69) is 10.1 Å². The molecule has 0 aliphatic carbocycles. The number of hydrogen-bond acceptors (Lipinski definition) is 5. The van der Waals surface area contributed by atoms with Gasteiger partial charge >= 0.3 is 0 Å². The van der Waals surface area contributed by atoms with Gasteiger partial charge in [-0.3, -0.25) is 0 Å². The molecule has 0 radical (unpaired) electrons. The fraction of sp³-hybridized carbons (Fsp3) is 0.333. The summed E-state index contributed by atoms with van der Waals surface area (Å²) in [7, 11) is 0. The Labute approximate surface area is 87.0 Å². The van der Waals surface area contributed by atoms with Crippen molar-refractivity contribution in [2.24, 2.45) is 10.9 Å². The molecule has 0 aliphatic rings. The number of aliphatic hydroxyl groups is 1. The normalized spacial score (nSPS) is 11.4. The van der Waals surface area contributed by atoms with Crippen LogP contribution < -0.4 is 10.5 Å². The molecule has 0 fully saturated rings. The summed E-state index contributed by atoms with van der Waals surface area (Å²) in [4.78, 5) is 3.94. The average Bonchev–Trinajstić information content (AvgIpc) is 2.29. The van der Waals surface area contributed by atoms with E-state index in [1.165, 1.54) is 0 Å². The SMILES string of the molecule is N/C(=N\O)c1cccnc1OCCCO. The van der Waals surface area contributed by atoms with Gasteiger partial charge in [0.25, 0.3) is 0 Å². The van der Waals surface area contributed by atoms with Crippen molar-refractivity contribution in [3.8, 4) is 5.88 Å². The molecule has 0 bridgehead atoms. The molecule has 4 N–H and O–H groups in total. The summed E-state index contributed by atoms with van der Waals surface area (Å²) in [6, 6.07) is 3.29. The first-order valence-corrected chi connectivity index (χ1v) is 4.46. The number of rotatable bonds is 5.